The summed E-state index contributed by atoms with van der Waals surface area (Å²) in [5.41, 5.74) is 7.03. The standard InChI is InChI=1S/C19H23FN4O.HI/c1-14-7-9-24(10-8-14)19(21)23-13-15-5-6-18(22-12-15)25-17-4-2-3-16(20)11-17;/h2-6,11-12,14H,7-10,13H2,1H3,(H2,21,23);1H. The van der Waals surface area contributed by atoms with Crippen molar-refractivity contribution in [3.05, 3.63) is 54.0 Å². The zero-order chi connectivity index (χ0) is 17.6. The zero-order valence-electron chi connectivity index (χ0n) is 14.8. The normalized spacial score (nSPS) is 15.5. The fourth-order valence-corrected chi connectivity index (χ4v) is 2.73. The number of halogens is 2. The smallest absolute Gasteiger partial charge is 0.219 e. The van der Waals surface area contributed by atoms with E-state index in [4.69, 9.17) is 10.5 Å². The van der Waals surface area contributed by atoms with Crippen molar-refractivity contribution in [3.63, 3.8) is 0 Å². The predicted molar refractivity (Wildman–Crippen MR) is 111 cm³/mol. The van der Waals surface area contributed by atoms with Gasteiger partial charge in [0.05, 0.1) is 6.54 Å². The third kappa shape index (κ3) is 5.82. The summed E-state index contributed by atoms with van der Waals surface area (Å²) >= 11 is 0. The Morgan fingerprint density at radius 2 is 2.08 bits per heavy atom. The average Bonchev–Trinajstić information content (AvgIpc) is 2.61. The average molecular weight is 470 g/mol. The zero-order valence-corrected chi connectivity index (χ0v) is 17.1. The van der Waals surface area contributed by atoms with E-state index in [0.29, 0.717) is 24.1 Å². The number of nitrogens with two attached hydrogens (primary N) is 1. The molecule has 0 amide bonds. The van der Waals surface area contributed by atoms with Crippen molar-refractivity contribution in [2.75, 3.05) is 13.1 Å². The quantitative estimate of drug-likeness (QED) is 0.414. The van der Waals surface area contributed by atoms with Crippen LogP contribution in [0.15, 0.2) is 47.6 Å². The number of rotatable bonds is 4. The number of nitrogens with zero attached hydrogens (tertiary/aromatic N) is 3. The number of aliphatic imine (C=N–C) groups is 1. The van der Waals surface area contributed by atoms with E-state index >= 15 is 0 Å². The SMILES string of the molecule is CC1CCN(C(N)=NCc2ccc(Oc3cccc(F)c3)nc2)CC1.I. The molecule has 2 N–H and O–H groups in total. The van der Waals surface area contributed by atoms with Crippen LogP contribution in [0, 0.1) is 11.7 Å². The highest BCUT2D eigenvalue weighted by Gasteiger charge is 2.16. The van der Waals surface area contributed by atoms with Crippen LogP contribution in [0.4, 0.5) is 4.39 Å². The number of benzene rings is 1. The first-order valence-corrected chi connectivity index (χ1v) is 8.53. The van der Waals surface area contributed by atoms with Gasteiger partial charge in [-0.25, -0.2) is 14.4 Å². The first-order valence-electron chi connectivity index (χ1n) is 8.53. The molecule has 0 spiro atoms. The van der Waals surface area contributed by atoms with Gasteiger partial charge >= 0.3 is 0 Å². The molecule has 7 heteroatoms. The van der Waals surface area contributed by atoms with Crippen LogP contribution in [0.5, 0.6) is 11.6 Å². The third-order valence-electron chi connectivity index (χ3n) is 4.35. The molecule has 1 aromatic heterocycles. The summed E-state index contributed by atoms with van der Waals surface area (Å²) in [5, 5.41) is 0. The minimum Gasteiger partial charge on any atom is -0.439 e. The maximum atomic E-state index is 13.2. The minimum atomic E-state index is -0.342. The molecule has 1 aromatic carbocycles. The van der Waals surface area contributed by atoms with Crippen LogP contribution < -0.4 is 10.5 Å². The van der Waals surface area contributed by atoms with Crippen molar-refractivity contribution in [1.29, 1.82) is 0 Å². The molecule has 3 rings (SSSR count). The molecular formula is C19H24FIN4O. The Morgan fingerprint density at radius 3 is 2.73 bits per heavy atom. The summed E-state index contributed by atoms with van der Waals surface area (Å²) < 4.78 is 18.7. The predicted octanol–water partition coefficient (Wildman–Crippen LogP) is 4.18. The van der Waals surface area contributed by atoms with Crippen molar-refractivity contribution in [3.8, 4) is 11.6 Å². The Balaban J connectivity index is 0.00000243. The highest BCUT2D eigenvalue weighted by Crippen LogP contribution is 2.20. The number of hydrogen-bond donors (Lipinski definition) is 1. The van der Waals surface area contributed by atoms with E-state index < -0.39 is 0 Å². The molecule has 5 nitrogen and oxygen atoms in total. The van der Waals surface area contributed by atoms with Crippen LogP contribution >= 0.6 is 24.0 Å². The second kappa shape index (κ2) is 9.70. The first kappa shape index (κ1) is 20.4. The van der Waals surface area contributed by atoms with Gasteiger partial charge in [0.1, 0.15) is 11.6 Å². The Morgan fingerprint density at radius 1 is 1.31 bits per heavy atom. The van der Waals surface area contributed by atoms with Gasteiger partial charge in [-0.2, -0.15) is 0 Å². The van der Waals surface area contributed by atoms with E-state index in [0.717, 1.165) is 37.4 Å². The van der Waals surface area contributed by atoms with Crippen molar-refractivity contribution in [2.24, 2.45) is 16.6 Å². The fourth-order valence-electron chi connectivity index (χ4n) is 2.73. The lowest BCUT2D eigenvalue weighted by molar-refractivity contribution is 0.277. The fraction of sp³-hybridized carbons (Fsp3) is 0.368. The minimum absolute atomic E-state index is 0. The molecular weight excluding hydrogens is 446 g/mol. The lowest BCUT2D eigenvalue weighted by Crippen LogP contribution is -2.42. The molecule has 140 valence electrons. The van der Waals surface area contributed by atoms with Crippen LogP contribution in [0.3, 0.4) is 0 Å². The Bertz CT molecular complexity index is 731. The lowest BCUT2D eigenvalue weighted by atomic mass is 10.00. The molecule has 0 aliphatic carbocycles. The van der Waals surface area contributed by atoms with Gasteiger partial charge in [-0.05, 0) is 36.5 Å². The summed E-state index contributed by atoms with van der Waals surface area (Å²) in [7, 11) is 0. The monoisotopic (exact) mass is 470 g/mol. The van der Waals surface area contributed by atoms with E-state index in [2.05, 4.69) is 21.8 Å². The molecule has 1 fully saturated rings. The van der Waals surface area contributed by atoms with Crippen LogP contribution in [0.1, 0.15) is 25.3 Å². The lowest BCUT2D eigenvalue weighted by Gasteiger charge is -2.31. The molecule has 1 aliphatic rings. The van der Waals surface area contributed by atoms with Gasteiger partial charge in [0, 0.05) is 31.4 Å². The molecule has 0 saturated carbocycles. The van der Waals surface area contributed by atoms with Gasteiger partial charge in [0.2, 0.25) is 5.88 Å². The summed E-state index contributed by atoms with van der Waals surface area (Å²) in [4.78, 5) is 10.8. The van der Waals surface area contributed by atoms with Gasteiger partial charge in [-0.15, -0.1) is 24.0 Å². The largest absolute Gasteiger partial charge is 0.439 e. The van der Waals surface area contributed by atoms with Crippen molar-refractivity contribution >= 4 is 29.9 Å². The van der Waals surface area contributed by atoms with Gasteiger partial charge in [-0.1, -0.05) is 19.1 Å². The maximum Gasteiger partial charge on any atom is 0.219 e. The number of likely N-dealkylation sites (tertiary alicyclic amines) is 1. The number of ether oxygens (including phenoxy) is 1. The van der Waals surface area contributed by atoms with E-state index in [9.17, 15) is 4.39 Å². The summed E-state index contributed by atoms with van der Waals surface area (Å²) in [6, 6.07) is 9.60. The summed E-state index contributed by atoms with van der Waals surface area (Å²) in [6.45, 7) is 4.68. The van der Waals surface area contributed by atoms with Crippen molar-refractivity contribution < 1.29 is 9.13 Å². The summed E-state index contributed by atoms with van der Waals surface area (Å²) in [5.74, 6) is 1.84. The maximum absolute atomic E-state index is 13.2. The summed E-state index contributed by atoms with van der Waals surface area (Å²) in [6.07, 6.45) is 4.01. The van der Waals surface area contributed by atoms with Crippen molar-refractivity contribution in [2.45, 2.75) is 26.3 Å². The second-order valence-corrected chi connectivity index (χ2v) is 6.41. The number of aromatic nitrogens is 1. The Labute approximate surface area is 170 Å². The van der Waals surface area contributed by atoms with E-state index in [1.165, 1.54) is 12.1 Å². The molecule has 26 heavy (non-hydrogen) atoms. The molecule has 0 bridgehead atoms. The first-order chi connectivity index (χ1) is 12.1. The van der Waals surface area contributed by atoms with E-state index in [1.807, 2.05) is 6.07 Å². The number of hydrogen-bond acceptors (Lipinski definition) is 3. The molecule has 0 radical (unpaired) electrons. The number of pyridine rings is 1. The topological polar surface area (TPSA) is 63.7 Å². The highest BCUT2D eigenvalue weighted by molar-refractivity contribution is 14.0. The Kier molecular flexibility index (Phi) is 7.62. The van der Waals surface area contributed by atoms with Gasteiger partial charge < -0.3 is 15.4 Å². The molecule has 0 atom stereocenters. The van der Waals surface area contributed by atoms with Gasteiger partial charge in [0.25, 0.3) is 0 Å². The van der Waals surface area contributed by atoms with Crippen LogP contribution in [-0.4, -0.2) is 28.9 Å². The van der Waals surface area contributed by atoms with Crippen molar-refractivity contribution in [1.82, 2.24) is 9.88 Å². The highest BCUT2D eigenvalue weighted by atomic mass is 127. The number of piperidine rings is 1. The second-order valence-electron chi connectivity index (χ2n) is 6.41. The molecule has 2 heterocycles. The van der Waals surface area contributed by atoms with Crippen LogP contribution in [-0.2, 0) is 6.54 Å². The Hall–Kier alpha value is -1.90. The van der Waals surface area contributed by atoms with Gasteiger partial charge in [0.15, 0.2) is 5.96 Å². The van der Waals surface area contributed by atoms with Crippen LogP contribution in [0.25, 0.3) is 0 Å². The third-order valence-corrected chi connectivity index (χ3v) is 4.35. The molecule has 1 aliphatic heterocycles. The molecule has 2 aromatic rings. The molecule has 0 unspecified atom stereocenters. The van der Waals surface area contributed by atoms with E-state index in [-0.39, 0.29) is 29.8 Å². The number of guanidine groups is 1. The van der Waals surface area contributed by atoms with E-state index in [1.54, 1.807) is 24.4 Å². The van der Waals surface area contributed by atoms with Gasteiger partial charge in [-0.3, -0.25) is 0 Å². The molecule has 1 saturated heterocycles. The van der Waals surface area contributed by atoms with Crippen LogP contribution in [0.2, 0.25) is 0 Å².